The quantitative estimate of drug-likeness (QED) is 0.694. The number of hydrogen-bond donors (Lipinski definition) is 2. The van der Waals surface area contributed by atoms with Crippen molar-refractivity contribution in [3.63, 3.8) is 0 Å². The van der Waals surface area contributed by atoms with Crippen LogP contribution < -0.4 is 0 Å². The van der Waals surface area contributed by atoms with Crippen LogP contribution in [-0.4, -0.2) is 59.5 Å². The van der Waals surface area contributed by atoms with E-state index in [0.717, 1.165) is 19.4 Å². The molecule has 0 radical (unpaired) electrons. The van der Waals surface area contributed by atoms with Crippen LogP contribution in [0.3, 0.4) is 0 Å². The molecule has 1 fully saturated rings. The molecule has 8 heteroatoms. The predicted molar refractivity (Wildman–Crippen MR) is 84.1 cm³/mol. The number of aliphatic hydroxyl groups is 2. The topological polar surface area (TPSA) is 112 Å². The van der Waals surface area contributed by atoms with E-state index < -0.39 is 42.6 Å². The molecule has 1 aromatic rings. The summed E-state index contributed by atoms with van der Waals surface area (Å²) >= 11 is 0. The van der Waals surface area contributed by atoms with Crippen LogP contribution in [0.5, 0.6) is 0 Å². The van der Waals surface area contributed by atoms with E-state index in [2.05, 4.69) is 0 Å². The van der Waals surface area contributed by atoms with Crippen molar-refractivity contribution < 1.29 is 38.7 Å². The lowest BCUT2D eigenvalue weighted by Gasteiger charge is -2.41. The molecule has 0 unspecified atom stereocenters. The zero-order valence-corrected chi connectivity index (χ0v) is 14.0. The van der Waals surface area contributed by atoms with Crippen LogP contribution >= 0.6 is 0 Å². The first kappa shape index (κ1) is 19.3. The molecule has 0 bridgehead atoms. The summed E-state index contributed by atoms with van der Waals surface area (Å²) in [6.07, 6.45) is -6.40. The zero-order chi connectivity index (χ0) is 18.4. The van der Waals surface area contributed by atoms with Crippen molar-refractivity contribution in [2.45, 2.75) is 51.2 Å². The molecule has 5 atom stereocenters. The fraction of sp³-hybridized carbons (Fsp3) is 0.529. The first-order valence-corrected chi connectivity index (χ1v) is 7.86. The van der Waals surface area contributed by atoms with E-state index in [-0.39, 0.29) is 13.2 Å². The molecule has 1 aliphatic rings. The number of hydrogen-bond acceptors (Lipinski definition) is 8. The van der Waals surface area contributed by atoms with E-state index in [1.165, 1.54) is 0 Å². The Morgan fingerprint density at radius 3 is 2.24 bits per heavy atom. The number of rotatable bonds is 6. The van der Waals surface area contributed by atoms with Crippen molar-refractivity contribution in [3.05, 3.63) is 35.9 Å². The first-order chi connectivity index (χ1) is 11.9. The highest BCUT2D eigenvalue weighted by atomic mass is 16.7. The fourth-order valence-electron chi connectivity index (χ4n) is 2.56. The monoisotopic (exact) mass is 354 g/mol. The summed E-state index contributed by atoms with van der Waals surface area (Å²) in [5, 5.41) is 20.4. The van der Waals surface area contributed by atoms with Gasteiger partial charge in [-0.05, 0) is 5.56 Å². The van der Waals surface area contributed by atoms with E-state index in [4.69, 9.17) is 18.9 Å². The molecular weight excluding hydrogens is 332 g/mol. The second kappa shape index (κ2) is 8.91. The average Bonchev–Trinajstić information content (AvgIpc) is 2.55. The molecule has 0 saturated carbocycles. The molecule has 0 aromatic heterocycles. The van der Waals surface area contributed by atoms with E-state index in [1.54, 1.807) is 0 Å². The Bertz CT molecular complexity index is 575. The highest BCUT2D eigenvalue weighted by Gasteiger charge is 2.48. The van der Waals surface area contributed by atoms with Gasteiger partial charge in [-0.3, -0.25) is 9.59 Å². The van der Waals surface area contributed by atoms with Gasteiger partial charge in [0.1, 0.15) is 12.2 Å². The zero-order valence-electron chi connectivity index (χ0n) is 14.0. The van der Waals surface area contributed by atoms with Crippen LogP contribution in [0.2, 0.25) is 0 Å². The summed E-state index contributed by atoms with van der Waals surface area (Å²) in [4.78, 5) is 22.4. The van der Waals surface area contributed by atoms with Crippen LogP contribution in [0.15, 0.2) is 30.3 Å². The Morgan fingerprint density at radius 1 is 1.04 bits per heavy atom. The number of carbonyl (C=O) groups is 2. The molecule has 2 rings (SSSR count). The van der Waals surface area contributed by atoms with Crippen molar-refractivity contribution in [1.29, 1.82) is 0 Å². The van der Waals surface area contributed by atoms with Gasteiger partial charge < -0.3 is 29.2 Å². The van der Waals surface area contributed by atoms with Gasteiger partial charge in [-0.1, -0.05) is 30.3 Å². The maximum atomic E-state index is 11.3. The van der Waals surface area contributed by atoms with Gasteiger partial charge in [0.25, 0.3) is 0 Å². The largest absolute Gasteiger partial charge is 0.455 e. The summed E-state index contributed by atoms with van der Waals surface area (Å²) in [6, 6.07) is 9.38. The van der Waals surface area contributed by atoms with Crippen molar-refractivity contribution in [2.75, 3.05) is 6.61 Å². The summed E-state index contributed by atoms with van der Waals surface area (Å²) in [7, 11) is 0. The van der Waals surface area contributed by atoms with Gasteiger partial charge in [-0.2, -0.15) is 0 Å². The molecule has 138 valence electrons. The maximum Gasteiger partial charge on any atom is 0.303 e. The van der Waals surface area contributed by atoms with Crippen molar-refractivity contribution in [1.82, 2.24) is 0 Å². The van der Waals surface area contributed by atoms with Gasteiger partial charge in [-0.15, -0.1) is 0 Å². The Hall–Kier alpha value is -2.00. The third-order valence-electron chi connectivity index (χ3n) is 3.63. The molecular formula is C17H22O8. The number of benzene rings is 1. The lowest BCUT2D eigenvalue weighted by Crippen LogP contribution is -2.61. The minimum atomic E-state index is -1.55. The fourth-order valence-corrected chi connectivity index (χ4v) is 2.56. The lowest BCUT2D eigenvalue weighted by atomic mass is 9.98. The van der Waals surface area contributed by atoms with E-state index in [9.17, 15) is 19.8 Å². The van der Waals surface area contributed by atoms with Gasteiger partial charge in [0.2, 0.25) is 0 Å². The maximum absolute atomic E-state index is 11.3. The minimum absolute atomic E-state index is 0.0440. The van der Waals surface area contributed by atoms with Gasteiger partial charge in [0, 0.05) is 13.8 Å². The molecule has 25 heavy (non-hydrogen) atoms. The minimum Gasteiger partial charge on any atom is -0.455 e. The van der Waals surface area contributed by atoms with Gasteiger partial charge in [-0.25, -0.2) is 0 Å². The van der Waals surface area contributed by atoms with Crippen molar-refractivity contribution in [3.8, 4) is 0 Å². The molecule has 1 heterocycles. The SMILES string of the molecule is CC(=O)O[C@H]1[C@H](O)[C@@H](COCc2ccccc2)O[C@H](O)[C@H]1OC(C)=O. The first-order valence-electron chi connectivity index (χ1n) is 7.86. The molecule has 1 aromatic carbocycles. The molecule has 0 aliphatic carbocycles. The predicted octanol–water partition coefficient (Wildman–Crippen LogP) is 0.145. The smallest absolute Gasteiger partial charge is 0.303 e. The van der Waals surface area contributed by atoms with E-state index in [1.807, 2.05) is 30.3 Å². The van der Waals surface area contributed by atoms with Gasteiger partial charge in [0.15, 0.2) is 18.5 Å². The number of esters is 2. The highest BCUT2D eigenvalue weighted by molar-refractivity contribution is 5.67. The van der Waals surface area contributed by atoms with Crippen LogP contribution in [0.1, 0.15) is 19.4 Å². The second-order valence-corrected chi connectivity index (χ2v) is 5.70. The number of carbonyl (C=O) groups excluding carboxylic acids is 2. The van der Waals surface area contributed by atoms with Crippen molar-refractivity contribution >= 4 is 11.9 Å². The summed E-state index contributed by atoms with van der Waals surface area (Å²) in [5.74, 6) is -1.38. The third-order valence-corrected chi connectivity index (χ3v) is 3.63. The number of aliphatic hydroxyl groups excluding tert-OH is 2. The molecule has 0 spiro atoms. The van der Waals surface area contributed by atoms with Crippen molar-refractivity contribution in [2.24, 2.45) is 0 Å². The van der Waals surface area contributed by atoms with Gasteiger partial charge in [0.05, 0.1) is 13.2 Å². The summed E-state index contributed by atoms with van der Waals surface area (Å²) in [5.41, 5.74) is 0.933. The summed E-state index contributed by atoms with van der Waals surface area (Å²) < 4.78 is 20.7. The van der Waals surface area contributed by atoms with Crippen LogP contribution in [0.25, 0.3) is 0 Å². The average molecular weight is 354 g/mol. The van der Waals surface area contributed by atoms with Crippen LogP contribution in [0.4, 0.5) is 0 Å². The molecule has 0 amide bonds. The molecule has 1 aliphatic heterocycles. The normalized spacial score (nSPS) is 29.0. The summed E-state index contributed by atoms with van der Waals surface area (Å²) in [6.45, 7) is 2.53. The molecule has 2 N–H and O–H groups in total. The van der Waals surface area contributed by atoms with Crippen LogP contribution in [0, 0.1) is 0 Å². The molecule has 8 nitrogen and oxygen atoms in total. The Kier molecular flexibility index (Phi) is 6.89. The van der Waals surface area contributed by atoms with E-state index in [0.29, 0.717) is 0 Å². The molecule has 1 saturated heterocycles. The number of ether oxygens (including phenoxy) is 4. The van der Waals surface area contributed by atoms with Gasteiger partial charge >= 0.3 is 11.9 Å². The Labute approximate surface area is 145 Å². The third kappa shape index (κ3) is 5.50. The highest BCUT2D eigenvalue weighted by Crippen LogP contribution is 2.25. The van der Waals surface area contributed by atoms with Crippen LogP contribution in [-0.2, 0) is 35.1 Å². The Morgan fingerprint density at radius 2 is 1.64 bits per heavy atom. The lowest BCUT2D eigenvalue weighted by molar-refractivity contribution is -0.295. The Balaban J connectivity index is 1.99. The standard InChI is InChI=1S/C17H22O8/c1-10(18)23-15-14(20)13(25-17(21)16(15)24-11(2)19)9-22-8-12-6-4-3-5-7-12/h3-7,13-17,20-21H,8-9H2,1-2H3/t13-,14-,15+,16+,17+/m1/s1. The van der Waals surface area contributed by atoms with E-state index >= 15 is 0 Å². The second-order valence-electron chi connectivity index (χ2n) is 5.70.